The molecule has 0 unspecified atom stereocenters. The molecule has 0 bridgehead atoms. The van der Waals surface area contributed by atoms with E-state index in [2.05, 4.69) is 26.1 Å². The standard InChI is InChI=1S/C14H20ClNO3S2/c1-14(2,3)20-9-8-16-13(17)10-21(18,19)12-6-4-11(15)5-7-12/h4-7H,8-10H2,1-3H3,(H,16,17). The number of rotatable bonds is 6. The third-order valence-corrected chi connectivity index (χ3v) is 5.61. The van der Waals surface area contributed by atoms with E-state index in [1.807, 2.05) is 0 Å². The second-order valence-corrected chi connectivity index (χ2v) is 9.87. The summed E-state index contributed by atoms with van der Waals surface area (Å²) >= 11 is 7.42. The van der Waals surface area contributed by atoms with Crippen LogP contribution in [0.4, 0.5) is 0 Å². The lowest BCUT2D eigenvalue weighted by molar-refractivity contribution is -0.118. The van der Waals surface area contributed by atoms with Gasteiger partial charge in [-0.1, -0.05) is 32.4 Å². The second kappa shape index (κ2) is 7.51. The van der Waals surface area contributed by atoms with E-state index in [-0.39, 0.29) is 9.64 Å². The van der Waals surface area contributed by atoms with Gasteiger partial charge in [-0.15, -0.1) is 0 Å². The summed E-state index contributed by atoms with van der Waals surface area (Å²) in [6.45, 7) is 6.72. The van der Waals surface area contributed by atoms with Crippen LogP contribution in [-0.4, -0.2) is 37.1 Å². The number of benzene rings is 1. The smallest absolute Gasteiger partial charge is 0.235 e. The van der Waals surface area contributed by atoms with Gasteiger partial charge in [0.2, 0.25) is 5.91 Å². The van der Waals surface area contributed by atoms with Crippen LogP contribution in [0.3, 0.4) is 0 Å². The van der Waals surface area contributed by atoms with Gasteiger partial charge >= 0.3 is 0 Å². The molecule has 4 nitrogen and oxygen atoms in total. The van der Waals surface area contributed by atoms with Crippen LogP contribution in [0.2, 0.25) is 5.02 Å². The molecular weight excluding hydrogens is 330 g/mol. The molecule has 1 aromatic carbocycles. The average Bonchev–Trinajstić information content (AvgIpc) is 2.33. The first-order valence-corrected chi connectivity index (χ1v) is 9.51. The molecule has 0 radical (unpaired) electrons. The van der Waals surface area contributed by atoms with Gasteiger partial charge in [0.1, 0.15) is 5.75 Å². The molecule has 1 aromatic rings. The minimum Gasteiger partial charge on any atom is -0.354 e. The number of carbonyl (C=O) groups excluding carboxylic acids is 1. The SMILES string of the molecule is CC(C)(C)SCCNC(=O)CS(=O)(=O)c1ccc(Cl)cc1. The third kappa shape index (κ3) is 7.20. The van der Waals surface area contributed by atoms with Crippen LogP contribution in [0.25, 0.3) is 0 Å². The fraction of sp³-hybridized carbons (Fsp3) is 0.500. The van der Waals surface area contributed by atoms with Crippen LogP contribution in [-0.2, 0) is 14.6 Å². The molecular formula is C14H20ClNO3S2. The summed E-state index contributed by atoms with van der Waals surface area (Å²) in [5.41, 5.74) is 0. The first-order chi connectivity index (χ1) is 9.60. The summed E-state index contributed by atoms with van der Waals surface area (Å²) in [6, 6.07) is 5.79. The maximum Gasteiger partial charge on any atom is 0.235 e. The molecule has 0 aliphatic rings. The Morgan fingerprint density at radius 1 is 1.24 bits per heavy atom. The fourth-order valence-electron chi connectivity index (χ4n) is 1.50. The lowest BCUT2D eigenvalue weighted by Gasteiger charge is -2.17. The van der Waals surface area contributed by atoms with Crippen molar-refractivity contribution < 1.29 is 13.2 Å². The zero-order valence-electron chi connectivity index (χ0n) is 12.3. The first-order valence-electron chi connectivity index (χ1n) is 6.49. The number of thioether (sulfide) groups is 1. The van der Waals surface area contributed by atoms with Crippen molar-refractivity contribution in [2.75, 3.05) is 18.1 Å². The maximum atomic E-state index is 12.0. The maximum absolute atomic E-state index is 12.0. The molecule has 0 aromatic heterocycles. The Morgan fingerprint density at radius 2 is 1.81 bits per heavy atom. The van der Waals surface area contributed by atoms with Crippen molar-refractivity contribution in [3.63, 3.8) is 0 Å². The topological polar surface area (TPSA) is 63.2 Å². The van der Waals surface area contributed by atoms with Gasteiger partial charge < -0.3 is 5.32 Å². The van der Waals surface area contributed by atoms with E-state index >= 15 is 0 Å². The molecule has 7 heteroatoms. The van der Waals surface area contributed by atoms with Crippen molar-refractivity contribution >= 4 is 39.1 Å². The number of hydrogen-bond donors (Lipinski definition) is 1. The molecule has 1 N–H and O–H groups in total. The minimum atomic E-state index is -3.62. The Kier molecular flexibility index (Phi) is 6.56. The summed E-state index contributed by atoms with van der Waals surface area (Å²) in [6.07, 6.45) is 0. The van der Waals surface area contributed by atoms with Gasteiger partial charge in [0, 0.05) is 22.1 Å². The van der Waals surface area contributed by atoms with E-state index in [1.54, 1.807) is 11.8 Å². The zero-order valence-corrected chi connectivity index (χ0v) is 14.7. The normalized spacial score (nSPS) is 12.2. The Labute approximate surface area is 135 Å². The number of carbonyl (C=O) groups is 1. The van der Waals surface area contributed by atoms with E-state index < -0.39 is 21.5 Å². The molecule has 118 valence electrons. The lowest BCUT2D eigenvalue weighted by Crippen LogP contribution is -2.32. The van der Waals surface area contributed by atoms with Gasteiger partial charge in [0.25, 0.3) is 0 Å². The van der Waals surface area contributed by atoms with Crippen molar-refractivity contribution in [2.45, 2.75) is 30.4 Å². The van der Waals surface area contributed by atoms with Gasteiger partial charge in [-0.3, -0.25) is 4.79 Å². The minimum absolute atomic E-state index is 0.103. The van der Waals surface area contributed by atoms with E-state index in [0.29, 0.717) is 11.6 Å². The number of amides is 1. The van der Waals surface area contributed by atoms with E-state index in [9.17, 15) is 13.2 Å². The number of hydrogen-bond acceptors (Lipinski definition) is 4. The van der Waals surface area contributed by atoms with E-state index in [0.717, 1.165) is 5.75 Å². The highest BCUT2D eigenvalue weighted by molar-refractivity contribution is 8.00. The van der Waals surface area contributed by atoms with E-state index in [1.165, 1.54) is 24.3 Å². The molecule has 1 amide bonds. The van der Waals surface area contributed by atoms with Crippen LogP contribution >= 0.6 is 23.4 Å². The van der Waals surface area contributed by atoms with Crippen molar-refractivity contribution in [3.05, 3.63) is 29.3 Å². The summed E-state index contributed by atoms with van der Waals surface area (Å²) in [7, 11) is -3.62. The molecule has 0 aliphatic carbocycles. The molecule has 0 spiro atoms. The van der Waals surface area contributed by atoms with Crippen LogP contribution < -0.4 is 5.32 Å². The van der Waals surface area contributed by atoms with Gasteiger partial charge in [-0.05, 0) is 24.3 Å². The Hall–Kier alpha value is -0.720. The largest absolute Gasteiger partial charge is 0.354 e. The molecule has 21 heavy (non-hydrogen) atoms. The second-order valence-electron chi connectivity index (χ2n) is 5.52. The molecule has 0 saturated carbocycles. The van der Waals surface area contributed by atoms with Gasteiger partial charge in [-0.25, -0.2) is 8.42 Å². The average molecular weight is 350 g/mol. The Morgan fingerprint density at radius 3 is 2.33 bits per heavy atom. The fourth-order valence-corrected chi connectivity index (χ4v) is 3.60. The highest BCUT2D eigenvalue weighted by Crippen LogP contribution is 2.22. The first kappa shape index (κ1) is 18.3. The quantitative estimate of drug-likeness (QED) is 0.802. The highest BCUT2D eigenvalue weighted by atomic mass is 35.5. The Bertz CT molecular complexity index is 577. The third-order valence-electron chi connectivity index (χ3n) is 2.45. The summed E-state index contributed by atoms with van der Waals surface area (Å²) < 4.78 is 24.2. The predicted octanol–water partition coefficient (Wildman–Crippen LogP) is 2.76. The summed E-state index contributed by atoms with van der Waals surface area (Å²) in [5.74, 6) is -0.287. The van der Waals surface area contributed by atoms with Gasteiger partial charge in [0.15, 0.2) is 9.84 Å². The van der Waals surface area contributed by atoms with Crippen LogP contribution in [0.5, 0.6) is 0 Å². The zero-order chi connectivity index (χ0) is 16.1. The lowest BCUT2D eigenvalue weighted by atomic mass is 10.3. The monoisotopic (exact) mass is 349 g/mol. The summed E-state index contributed by atoms with van der Waals surface area (Å²) in [5, 5.41) is 3.08. The number of nitrogens with one attached hydrogen (secondary N) is 1. The van der Waals surface area contributed by atoms with E-state index in [4.69, 9.17) is 11.6 Å². The molecule has 0 aliphatic heterocycles. The highest BCUT2D eigenvalue weighted by Gasteiger charge is 2.19. The van der Waals surface area contributed by atoms with Crippen molar-refractivity contribution in [1.29, 1.82) is 0 Å². The number of sulfone groups is 1. The number of halogens is 1. The molecule has 0 heterocycles. The van der Waals surface area contributed by atoms with Crippen molar-refractivity contribution in [2.24, 2.45) is 0 Å². The van der Waals surface area contributed by atoms with Crippen LogP contribution in [0, 0.1) is 0 Å². The van der Waals surface area contributed by atoms with Crippen LogP contribution in [0.15, 0.2) is 29.2 Å². The molecule has 0 atom stereocenters. The van der Waals surface area contributed by atoms with Crippen LogP contribution in [0.1, 0.15) is 20.8 Å². The van der Waals surface area contributed by atoms with Gasteiger partial charge in [-0.2, -0.15) is 11.8 Å². The van der Waals surface area contributed by atoms with Crippen molar-refractivity contribution in [3.8, 4) is 0 Å². The predicted molar refractivity (Wildman–Crippen MR) is 88.7 cm³/mol. The molecule has 0 fully saturated rings. The van der Waals surface area contributed by atoms with Crippen molar-refractivity contribution in [1.82, 2.24) is 5.32 Å². The van der Waals surface area contributed by atoms with Gasteiger partial charge in [0.05, 0.1) is 4.90 Å². The summed E-state index contributed by atoms with van der Waals surface area (Å²) in [4.78, 5) is 11.8. The molecule has 0 saturated heterocycles. The Balaban J connectivity index is 2.48. The molecule has 1 rings (SSSR count).